The zero-order chi connectivity index (χ0) is 6.97. The molecular formula is C7H10N2S. The van der Waals surface area contributed by atoms with Gasteiger partial charge in [-0.2, -0.15) is 0 Å². The first-order valence-electron chi connectivity index (χ1n) is 3.52. The van der Waals surface area contributed by atoms with Gasteiger partial charge in [0, 0.05) is 17.1 Å². The van der Waals surface area contributed by atoms with Crippen molar-refractivity contribution in [3.8, 4) is 0 Å². The molecule has 1 aliphatic carbocycles. The van der Waals surface area contributed by atoms with Crippen molar-refractivity contribution < 1.29 is 0 Å². The molecule has 0 amide bonds. The minimum atomic E-state index is 0.271. The molecule has 0 spiro atoms. The third kappa shape index (κ3) is 1.07. The summed E-state index contributed by atoms with van der Waals surface area (Å²) in [6.07, 6.45) is 4.49. The van der Waals surface area contributed by atoms with Crippen LogP contribution in [0.2, 0.25) is 0 Å². The van der Waals surface area contributed by atoms with E-state index in [-0.39, 0.29) is 6.04 Å². The third-order valence-electron chi connectivity index (χ3n) is 1.91. The lowest BCUT2D eigenvalue weighted by molar-refractivity contribution is 0.643. The number of rotatable bonds is 2. The Morgan fingerprint density at radius 2 is 2.50 bits per heavy atom. The van der Waals surface area contributed by atoms with Crippen molar-refractivity contribution >= 4 is 11.3 Å². The van der Waals surface area contributed by atoms with Gasteiger partial charge in [0.1, 0.15) is 0 Å². The van der Waals surface area contributed by atoms with Crippen molar-refractivity contribution in [1.82, 2.24) is 4.98 Å². The molecule has 1 fully saturated rings. The molecule has 1 aromatic rings. The molecule has 1 aliphatic rings. The van der Waals surface area contributed by atoms with Gasteiger partial charge in [0.2, 0.25) is 0 Å². The maximum Gasteiger partial charge on any atom is 0.0794 e. The van der Waals surface area contributed by atoms with E-state index in [1.54, 1.807) is 11.3 Å². The standard InChI is InChI=1S/C7H10N2S/c8-7(5-1-2-5)6-3-9-4-10-6/h3-5,7H,1-2,8H2. The van der Waals surface area contributed by atoms with E-state index in [9.17, 15) is 0 Å². The van der Waals surface area contributed by atoms with E-state index in [4.69, 9.17) is 5.73 Å². The van der Waals surface area contributed by atoms with Gasteiger partial charge in [-0.3, -0.25) is 4.98 Å². The average Bonchev–Trinajstić information content (AvgIpc) is 2.65. The number of thiazole rings is 1. The summed E-state index contributed by atoms with van der Waals surface area (Å²) in [6.45, 7) is 0. The predicted octanol–water partition coefficient (Wildman–Crippen LogP) is 1.55. The summed E-state index contributed by atoms with van der Waals surface area (Å²) in [4.78, 5) is 5.23. The summed E-state index contributed by atoms with van der Waals surface area (Å²) in [7, 11) is 0. The van der Waals surface area contributed by atoms with Crippen LogP contribution in [0.25, 0.3) is 0 Å². The predicted molar refractivity (Wildman–Crippen MR) is 41.8 cm³/mol. The van der Waals surface area contributed by atoms with Gasteiger partial charge in [-0.15, -0.1) is 11.3 Å². The summed E-state index contributed by atoms with van der Waals surface area (Å²) >= 11 is 1.66. The Morgan fingerprint density at radius 1 is 1.70 bits per heavy atom. The molecule has 0 aromatic carbocycles. The van der Waals surface area contributed by atoms with Crippen molar-refractivity contribution in [2.75, 3.05) is 0 Å². The fourth-order valence-electron chi connectivity index (χ4n) is 1.08. The highest BCUT2D eigenvalue weighted by molar-refractivity contribution is 7.09. The van der Waals surface area contributed by atoms with E-state index in [1.807, 2.05) is 11.7 Å². The first-order valence-corrected chi connectivity index (χ1v) is 4.40. The molecule has 2 nitrogen and oxygen atoms in total. The normalized spacial score (nSPS) is 20.9. The van der Waals surface area contributed by atoms with Gasteiger partial charge in [0.15, 0.2) is 0 Å². The maximum atomic E-state index is 5.92. The SMILES string of the molecule is NC(c1cncs1)C1CC1. The molecule has 54 valence electrons. The second-order valence-electron chi connectivity index (χ2n) is 2.77. The van der Waals surface area contributed by atoms with Crippen LogP contribution in [0.3, 0.4) is 0 Å². The molecule has 0 saturated heterocycles. The highest BCUT2D eigenvalue weighted by atomic mass is 32.1. The maximum absolute atomic E-state index is 5.92. The minimum absolute atomic E-state index is 0.271. The molecule has 10 heavy (non-hydrogen) atoms. The van der Waals surface area contributed by atoms with Crippen LogP contribution in [-0.2, 0) is 0 Å². The van der Waals surface area contributed by atoms with E-state index in [2.05, 4.69) is 4.98 Å². The molecule has 1 saturated carbocycles. The number of hydrogen-bond donors (Lipinski definition) is 1. The lowest BCUT2D eigenvalue weighted by atomic mass is 10.2. The van der Waals surface area contributed by atoms with Crippen molar-refractivity contribution in [2.24, 2.45) is 11.7 Å². The first-order chi connectivity index (χ1) is 4.88. The zero-order valence-electron chi connectivity index (χ0n) is 5.66. The largest absolute Gasteiger partial charge is 0.323 e. The Bertz CT molecular complexity index is 203. The second-order valence-corrected chi connectivity index (χ2v) is 3.68. The van der Waals surface area contributed by atoms with Crippen LogP contribution in [-0.4, -0.2) is 4.98 Å². The van der Waals surface area contributed by atoms with E-state index in [1.165, 1.54) is 17.7 Å². The van der Waals surface area contributed by atoms with Crippen molar-refractivity contribution in [3.05, 3.63) is 16.6 Å². The number of nitrogens with zero attached hydrogens (tertiary/aromatic N) is 1. The molecule has 3 heteroatoms. The van der Waals surface area contributed by atoms with E-state index in [0.29, 0.717) is 0 Å². The second kappa shape index (κ2) is 2.32. The molecule has 0 bridgehead atoms. The smallest absolute Gasteiger partial charge is 0.0794 e. The van der Waals surface area contributed by atoms with Gasteiger partial charge in [-0.05, 0) is 18.8 Å². The number of hydrogen-bond acceptors (Lipinski definition) is 3. The van der Waals surface area contributed by atoms with Gasteiger partial charge < -0.3 is 5.73 Å². The topological polar surface area (TPSA) is 38.9 Å². The Balaban J connectivity index is 2.11. The zero-order valence-corrected chi connectivity index (χ0v) is 6.47. The third-order valence-corrected chi connectivity index (χ3v) is 2.79. The molecule has 1 heterocycles. The van der Waals surface area contributed by atoms with E-state index >= 15 is 0 Å². The van der Waals surface area contributed by atoms with Gasteiger partial charge in [0.25, 0.3) is 0 Å². The molecule has 1 atom stereocenters. The van der Waals surface area contributed by atoms with Crippen molar-refractivity contribution in [2.45, 2.75) is 18.9 Å². The molecule has 2 N–H and O–H groups in total. The quantitative estimate of drug-likeness (QED) is 0.702. The van der Waals surface area contributed by atoms with Crippen LogP contribution < -0.4 is 5.73 Å². The van der Waals surface area contributed by atoms with Crippen LogP contribution in [0.4, 0.5) is 0 Å². The molecule has 2 rings (SSSR count). The lowest BCUT2D eigenvalue weighted by Crippen LogP contribution is -2.10. The average molecular weight is 154 g/mol. The fourth-order valence-corrected chi connectivity index (χ4v) is 1.79. The first kappa shape index (κ1) is 6.31. The van der Waals surface area contributed by atoms with Crippen LogP contribution in [0, 0.1) is 5.92 Å². The van der Waals surface area contributed by atoms with Gasteiger partial charge in [-0.1, -0.05) is 0 Å². The Morgan fingerprint density at radius 3 is 3.00 bits per heavy atom. The van der Waals surface area contributed by atoms with Crippen LogP contribution in [0.1, 0.15) is 23.8 Å². The summed E-state index contributed by atoms with van der Waals surface area (Å²) in [6, 6.07) is 0.271. The number of aromatic nitrogens is 1. The van der Waals surface area contributed by atoms with Crippen LogP contribution >= 0.6 is 11.3 Å². The van der Waals surface area contributed by atoms with Crippen LogP contribution in [0.5, 0.6) is 0 Å². The Hall–Kier alpha value is -0.410. The minimum Gasteiger partial charge on any atom is -0.323 e. The highest BCUT2D eigenvalue weighted by Crippen LogP contribution is 2.40. The Labute approximate surface area is 64.1 Å². The van der Waals surface area contributed by atoms with Crippen LogP contribution in [0.15, 0.2) is 11.7 Å². The van der Waals surface area contributed by atoms with Crippen molar-refractivity contribution in [1.29, 1.82) is 0 Å². The van der Waals surface area contributed by atoms with Gasteiger partial charge in [0.05, 0.1) is 5.51 Å². The summed E-state index contributed by atoms with van der Waals surface area (Å²) < 4.78 is 0. The molecule has 1 aromatic heterocycles. The van der Waals surface area contributed by atoms with Crippen molar-refractivity contribution in [3.63, 3.8) is 0 Å². The molecule has 0 radical (unpaired) electrons. The number of nitrogens with two attached hydrogens (primary N) is 1. The lowest BCUT2D eigenvalue weighted by Gasteiger charge is -2.04. The van der Waals surface area contributed by atoms with Gasteiger partial charge in [-0.25, -0.2) is 0 Å². The summed E-state index contributed by atoms with van der Waals surface area (Å²) in [5.74, 6) is 0.750. The molecular weight excluding hydrogens is 144 g/mol. The van der Waals surface area contributed by atoms with E-state index in [0.717, 1.165) is 5.92 Å². The molecule has 1 unspecified atom stereocenters. The monoisotopic (exact) mass is 154 g/mol. The fraction of sp³-hybridized carbons (Fsp3) is 0.571. The Kier molecular flexibility index (Phi) is 1.47. The van der Waals surface area contributed by atoms with E-state index < -0.39 is 0 Å². The summed E-state index contributed by atoms with van der Waals surface area (Å²) in [5, 5.41) is 0. The van der Waals surface area contributed by atoms with Gasteiger partial charge >= 0.3 is 0 Å². The molecule has 0 aliphatic heterocycles. The summed E-state index contributed by atoms with van der Waals surface area (Å²) in [5.41, 5.74) is 7.76. The highest BCUT2D eigenvalue weighted by Gasteiger charge is 2.30.